The first-order chi connectivity index (χ1) is 7.38. The van der Waals surface area contributed by atoms with E-state index in [1.807, 2.05) is 13.8 Å². The fraction of sp³-hybridized carbons (Fsp3) is 0.417. The summed E-state index contributed by atoms with van der Waals surface area (Å²) < 4.78 is 13.0. The maximum Gasteiger partial charge on any atom is 0.169 e. The monoisotopic (exact) mass is 243 g/mol. The van der Waals surface area contributed by atoms with E-state index in [0.29, 0.717) is 12.1 Å². The second-order valence-corrected chi connectivity index (χ2v) is 4.78. The molecular formula is C12H15ClFNO. The molecule has 0 aliphatic rings. The average Bonchev–Trinajstić information content (AvgIpc) is 2.21. The van der Waals surface area contributed by atoms with Gasteiger partial charge in [0.2, 0.25) is 0 Å². The minimum atomic E-state index is -0.532. The molecule has 0 aliphatic carbocycles. The van der Waals surface area contributed by atoms with E-state index in [4.69, 9.17) is 11.6 Å². The third-order valence-corrected chi connectivity index (χ3v) is 2.70. The van der Waals surface area contributed by atoms with Gasteiger partial charge in [-0.15, -0.1) is 0 Å². The molecule has 1 N–H and O–H groups in total. The van der Waals surface area contributed by atoms with Gasteiger partial charge in [0.15, 0.2) is 5.78 Å². The van der Waals surface area contributed by atoms with Crippen LogP contribution >= 0.6 is 11.6 Å². The van der Waals surface area contributed by atoms with Crippen molar-refractivity contribution in [3.05, 3.63) is 34.6 Å². The molecule has 0 heterocycles. The van der Waals surface area contributed by atoms with Gasteiger partial charge in [-0.3, -0.25) is 4.79 Å². The molecule has 0 aliphatic heterocycles. The first-order valence-corrected chi connectivity index (χ1v) is 5.41. The molecule has 88 valence electrons. The van der Waals surface area contributed by atoms with E-state index in [2.05, 4.69) is 5.32 Å². The maximum atomic E-state index is 13.0. The summed E-state index contributed by atoms with van der Waals surface area (Å²) in [5.74, 6) is -0.562. The van der Waals surface area contributed by atoms with Crippen LogP contribution < -0.4 is 5.32 Å². The highest BCUT2D eigenvalue weighted by Crippen LogP contribution is 2.24. The van der Waals surface area contributed by atoms with Gasteiger partial charge in [0.25, 0.3) is 0 Å². The van der Waals surface area contributed by atoms with Gasteiger partial charge in [-0.25, -0.2) is 4.39 Å². The molecule has 0 unspecified atom stereocenters. The van der Waals surface area contributed by atoms with Crippen LogP contribution in [0.1, 0.15) is 24.2 Å². The molecule has 4 heteroatoms. The molecule has 1 aromatic rings. The summed E-state index contributed by atoms with van der Waals surface area (Å²) in [6.07, 6.45) is 0. The van der Waals surface area contributed by atoms with Crippen molar-refractivity contribution in [1.82, 2.24) is 5.32 Å². The molecule has 0 aromatic heterocycles. The predicted molar refractivity (Wildman–Crippen MR) is 63.4 cm³/mol. The number of benzene rings is 1. The zero-order chi connectivity index (χ0) is 12.3. The normalized spacial score (nSPS) is 11.6. The lowest BCUT2D eigenvalue weighted by Crippen LogP contribution is -2.34. The Morgan fingerprint density at radius 1 is 1.50 bits per heavy atom. The molecule has 0 saturated carbocycles. The third kappa shape index (κ3) is 2.80. The Balaban J connectivity index is 3.01. The summed E-state index contributed by atoms with van der Waals surface area (Å²) in [7, 11) is 1.78. The number of carbonyl (C=O) groups excluding carboxylic acids is 1. The van der Waals surface area contributed by atoms with Crippen molar-refractivity contribution in [2.75, 3.05) is 13.6 Å². The predicted octanol–water partition coefficient (Wildman–Crippen LogP) is 2.91. The van der Waals surface area contributed by atoms with Crippen LogP contribution in [0, 0.1) is 11.2 Å². The number of halogens is 2. The lowest BCUT2D eigenvalue weighted by atomic mass is 9.84. The minimum absolute atomic E-state index is 0.0221. The third-order valence-electron chi connectivity index (χ3n) is 2.42. The highest BCUT2D eigenvalue weighted by Gasteiger charge is 2.28. The van der Waals surface area contributed by atoms with E-state index >= 15 is 0 Å². The van der Waals surface area contributed by atoms with Crippen molar-refractivity contribution >= 4 is 17.4 Å². The molecule has 0 fully saturated rings. The Morgan fingerprint density at radius 2 is 2.12 bits per heavy atom. The van der Waals surface area contributed by atoms with E-state index in [0.717, 1.165) is 0 Å². The van der Waals surface area contributed by atoms with Crippen LogP contribution in [0.15, 0.2) is 18.2 Å². The van der Waals surface area contributed by atoms with Crippen LogP contribution in [0.3, 0.4) is 0 Å². The summed E-state index contributed by atoms with van der Waals surface area (Å²) in [6, 6.07) is 4.04. The van der Waals surface area contributed by atoms with Crippen LogP contribution in [-0.4, -0.2) is 19.4 Å². The molecular weight excluding hydrogens is 229 g/mol. The molecule has 16 heavy (non-hydrogen) atoms. The number of ketones is 1. The number of rotatable bonds is 4. The molecule has 1 rings (SSSR count). The van der Waals surface area contributed by atoms with E-state index in [1.54, 1.807) is 7.05 Å². The van der Waals surface area contributed by atoms with Crippen molar-refractivity contribution < 1.29 is 9.18 Å². The lowest BCUT2D eigenvalue weighted by Gasteiger charge is -2.22. The number of hydrogen-bond acceptors (Lipinski definition) is 2. The second kappa shape index (κ2) is 4.93. The van der Waals surface area contributed by atoms with Gasteiger partial charge >= 0.3 is 0 Å². The van der Waals surface area contributed by atoms with Crippen molar-refractivity contribution in [3.8, 4) is 0 Å². The second-order valence-electron chi connectivity index (χ2n) is 4.37. The molecule has 0 radical (unpaired) electrons. The first kappa shape index (κ1) is 13.1. The van der Waals surface area contributed by atoms with Gasteiger partial charge in [0.05, 0.1) is 5.02 Å². The molecule has 0 spiro atoms. The van der Waals surface area contributed by atoms with Crippen molar-refractivity contribution in [3.63, 3.8) is 0 Å². The quantitative estimate of drug-likeness (QED) is 0.824. The Bertz CT molecular complexity index is 404. The highest BCUT2D eigenvalue weighted by molar-refractivity contribution is 6.31. The smallest absolute Gasteiger partial charge is 0.169 e. The molecule has 1 aromatic carbocycles. The highest BCUT2D eigenvalue weighted by atomic mass is 35.5. The largest absolute Gasteiger partial charge is 0.319 e. The standard InChI is InChI=1S/C12H15ClFNO/c1-12(2,7-15-3)11(16)8-4-5-10(14)9(13)6-8/h4-6,15H,7H2,1-3H3. The Kier molecular flexibility index (Phi) is 4.05. The maximum absolute atomic E-state index is 13.0. The minimum Gasteiger partial charge on any atom is -0.319 e. The van der Waals surface area contributed by atoms with Crippen LogP contribution in [0.2, 0.25) is 5.02 Å². The molecule has 0 atom stereocenters. The lowest BCUT2D eigenvalue weighted by molar-refractivity contribution is 0.0839. The summed E-state index contributed by atoms with van der Waals surface area (Å²) in [6.45, 7) is 4.23. The molecule has 0 bridgehead atoms. The number of nitrogens with one attached hydrogen (secondary N) is 1. The van der Waals surface area contributed by atoms with Crippen LogP contribution in [0.25, 0.3) is 0 Å². The molecule has 0 amide bonds. The first-order valence-electron chi connectivity index (χ1n) is 5.03. The number of hydrogen-bond donors (Lipinski definition) is 1. The van der Waals surface area contributed by atoms with Gasteiger partial charge in [-0.05, 0) is 25.2 Å². The fourth-order valence-corrected chi connectivity index (χ4v) is 1.73. The van der Waals surface area contributed by atoms with Gasteiger partial charge < -0.3 is 5.32 Å². The van der Waals surface area contributed by atoms with Crippen LogP contribution in [-0.2, 0) is 0 Å². The van der Waals surface area contributed by atoms with Crippen LogP contribution in [0.4, 0.5) is 4.39 Å². The number of Topliss-reactive ketones (excluding diaryl/α,β-unsaturated/α-hetero) is 1. The van der Waals surface area contributed by atoms with Crippen LogP contribution in [0.5, 0.6) is 0 Å². The van der Waals surface area contributed by atoms with Gasteiger partial charge in [0.1, 0.15) is 5.82 Å². The van der Waals surface area contributed by atoms with Crippen molar-refractivity contribution in [2.24, 2.45) is 5.41 Å². The zero-order valence-corrected chi connectivity index (χ0v) is 10.4. The van der Waals surface area contributed by atoms with E-state index in [1.165, 1.54) is 18.2 Å². The Labute approximate surface area is 99.8 Å². The van der Waals surface area contributed by atoms with E-state index in [9.17, 15) is 9.18 Å². The van der Waals surface area contributed by atoms with Gasteiger partial charge in [-0.1, -0.05) is 25.4 Å². The molecule has 2 nitrogen and oxygen atoms in total. The summed E-state index contributed by atoms with van der Waals surface area (Å²) in [5, 5.41) is 2.93. The van der Waals surface area contributed by atoms with Gasteiger partial charge in [-0.2, -0.15) is 0 Å². The van der Waals surface area contributed by atoms with E-state index < -0.39 is 11.2 Å². The van der Waals surface area contributed by atoms with Crippen molar-refractivity contribution in [1.29, 1.82) is 0 Å². The summed E-state index contributed by atoms with van der Waals surface area (Å²) in [5.41, 5.74) is -0.0951. The van der Waals surface area contributed by atoms with Gasteiger partial charge in [0, 0.05) is 17.5 Å². The summed E-state index contributed by atoms with van der Waals surface area (Å²) >= 11 is 5.64. The SMILES string of the molecule is CNCC(C)(C)C(=O)c1ccc(F)c(Cl)c1. The molecule has 0 saturated heterocycles. The Morgan fingerprint density at radius 3 is 2.62 bits per heavy atom. The van der Waals surface area contributed by atoms with Crippen molar-refractivity contribution in [2.45, 2.75) is 13.8 Å². The summed E-state index contributed by atoms with van der Waals surface area (Å²) in [4.78, 5) is 12.1. The number of carbonyl (C=O) groups is 1. The average molecular weight is 244 g/mol. The van der Waals surface area contributed by atoms with E-state index in [-0.39, 0.29) is 10.8 Å². The fourth-order valence-electron chi connectivity index (χ4n) is 1.55. The Hall–Kier alpha value is -0.930. The topological polar surface area (TPSA) is 29.1 Å². The zero-order valence-electron chi connectivity index (χ0n) is 9.60.